The van der Waals surface area contributed by atoms with E-state index in [1.54, 1.807) is 0 Å². The number of hydrogen-bond acceptors (Lipinski definition) is 5. The molecule has 0 atom stereocenters. The number of aromatic nitrogens is 1. The van der Waals surface area contributed by atoms with Crippen LogP contribution in [0, 0.1) is 13.8 Å². The third kappa shape index (κ3) is 3.19. The van der Waals surface area contributed by atoms with Gasteiger partial charge in [-0.15, -0.1) is 0 Å². The van der Waals surface area contributed by atoms with Gasteiger partial charge in [0.25, 0.3) is 15.5 Å². The highest BCUT2D eigenvalue weighted by Crippen LogP contribution is 2.33. The van der Waals surface area contributed by atoms with Crippen molar-refractivity contribution in [3.05, 3.63) is 25.4 Å². The molecule has 94 valence electrons. The number of hydrogen-bond donors (Lipinski definition) is 0. The van der Waals surface area contributed by atoms with Gasteiger partial charge in [-0.05, 0) is 9.91 Å². The summed E-state index contributed by atoms with van der Waals surface area (Å²) >= 11 is 1.28. The Hall–Kier alpha value is -0.620. The number of rotatable bonds is 3. The Morgan fingerprint density at radius 2 is 2.06 bits per heavy atom. The van der Waals surface area contributed by atoms with Gasteiger partial charge in [-0.1, -0.05) is 0 Å². The molecule has 0 fully saturated rings. The maximum Gasteiger partial charge on any atom is 0.365 e. The second-order valence-corrected chi connectivity index (χ2v) is 6.23. The number of halogens is 4. The SMILES string of the molecule is O=[N+]([O-])c1cc(S(=O)(=O)Cl)c(C(F)F)c(I)n1. The Morgan fingerprint density at radius 1 is 1.53 bits per heavy atom. The average molecular weight is 399 g/mol. The van der Waals surface area contributed by atoms with Crippen LogP contribution in [-0.4, -0.2) is 18.3 Å². The van der Waals surface area contributed by atoms with Crippen molar-refractivity contribution >= 4 is 48.1 Å². The van der Waals surface area contributed by atoms with Crippen LogP contribution in [0.1, 0.15) is 12.0 Å². The first kappa shape index (κ1) is 14.4. The normalized spacial score (nSPS) is 11.8. The molecule has 0 aliphatic carbocycles. The summed E-state index contributed by atoms with van der Waals surface area (Å²) in [6.07, 6.45) is -3.15. The molecule has 0 saturated carbocycles. The molecule has 0 aromatic carbocycles. The van der Waals surface area contributed by atoms with E-state index in [9.17, 15) is 27.3 Å². The lowest BCUT2D eigenvalue weighted by Gasteiger charge is -2.05. The van der Waals surface area contributed by atoms with E-state index in [1.165, 1.54) is 22.6 Å². The molecule has 6 nitrogen and oxygen atoms in total. The van der Waals surface area contributed by atoms with Gasteiger partial charge in [0.2, 0.25) is 3.70 Å². The molecule has 0 unspecified atom stereocenters. The van der Waals surface area contributed by atoms with Crippen molar-refractivity contribution < 1.29 is 22.1 Å². The maximum atomic E-state index is 12.6. The van der Waals surface area contributed by atoms with Gasteiger partial charge >= 0.3 is 5.82 Å². The largest absolute Gasteiger partial charge is 0.365 e. The van der Waals surface area contributed by atoms with Crippen molar-refractivity contribution in [3.8, 4) is 0 Å². The molecule has 17 heavy (non-hydrogen) atoms. The molecule has 1 aromatic heterocycles. The van der Waals surface area contributed by atoms with Gasteiger partial charge in [0.05, 0.1) is 11.6 Å². The smallest absolute Gasteiger partial charge is 0.358 e. The lowest BCUT2D eigenvalue weighted by Crippen LogP contribution is -2.06. The Kier molecular flexibility index (Phi) is 4.19. The standard InChI is InChI=1S/C6H2ClF2IN2O4S/c7-17(15,16)2-1-3(12(13)14)11-6(10)4(2)5(8)9/h1,5H. The van der Waals surface area contributed by atoms with Crippen LogP contribution in [0.15, 0.2) is 11.0 Å². The Balaban J connectivity index is 3.69. The molecule has 0 radical (unpaired) electrons. The van der Waals surface area contributed by atoms with Gasteiger partial charge < -0.3 is 10.1 Å². The summed E-state index contributed by atoms with van der Waals surface area (Å²) in [4.78, 5) is 11.7. The van der Waals surface area contributed by atoms with Gasteiger partial charge in [0.1, 0.15) is 4.90 Å². The molecule has 1 rings (SSSR count). The first-order valence-electron chi connectivity index (χ1n) is 3.72. The molecular formula is C6H2ClF2IN2O4S. The lowest BCUT2D eigenvalue weighted by molar-refractivity contribution is -0.389. The van der Waals surface area contributed by atoms with Gasteiger partial charge in [-0.3, -0.25) is 0 Å². The summed E-state index contributed by atoms with van der Waals surface area (Å²) in [7, 11) is 0.428. The molecule has 0 aliphatic heterocycles. The minimum atomic E-state index is -4.51. The highest BCUT2D eigenvalue weighted by Gasteiger charge is 2.31. The second-order valence-electron chi connectivity index (χ2n) is 2.68. The summed E-state index contributed by atoms with van der Waals surface area (Å²) in [6.45, 7) is 0. The molecule has 0 aliphatic rings. The van der Waals surface area contributed by atoms with Crippen LogP contribution in [0.5, 0.6) is 0 Å². The molecule has 0 amide bonds. The van der Waals surface area contributed by atoms with E-state index in [2.05, 4.69) is 4.98 Å². The van der Waals surface area contributed by atoms with Crippen molar-refractivity contribution in [2.75, 3.05) is 0 Å². The second kappa shape index (κ2) is 4.94. The zero-order valence-corrected chi connectivity index (χ0v) is 11.3. The molecule has 11 heteroatoms. The van der Waals surface area contributed by atoms with Gasteiger partial charge in [0, 0.05) is 33.3 Å². The Bertz CT molecular complexity index is 580. The van der Waals surface area contributed by atoms with Crippen molar-refractivity contribution in [2.24, 2.45) is 0 Å². The van der Waals surface area contributed by atoms with E-state index >= 15 is 0 Å². The molecule has 0 saturated heterocycles. The Labute approximate surface area is 112 Å². The molecule has 0 N–H and O–H groups in total. The minimum absolute atomic E-state index is 0.409. The quantitative estimate of drug-likeness (QED) is 0.256. The van der Waals surface area contributed by atoms with Gasteiger partial charge in [-0.2, -0.15) is 0 Å². The molecular weight excluding hydrogens is 396 g/mol. The third-order valence-electron chi connectivity index (χ3n) is 1.63. The lowest BCUT2D eigenvalue weighted by atomic mass is 10.3. The van der Waals surface area contributed by atoms with Crippen LogP contribution >= 0.6 is 33.3 Å². The van der Waals surface area contributed by atoms with E-state index in [4.69, 9.17) is 10.7 Å². The predicted molar refractivity (Wildman–Crippen MR) is 61.6 cm³/mol. The fourth-order valence-electron chi connectivity index (χ4n) is 0.983. The summed E-state index contributed by atoms with van der Waals surface area (Å²) in [5.41, 5.74) is -0.939. The first-order valence-corrected chi connectivity index (χ1v) is 7.11. The van der Waals surface area contributed by atoms with Crippen molar-refractivity contribution in [1.82, 2.24) is 4.98 Å². The predicted octanol–water partition coefficient (Wildman–Crippen LogP) is 2.46. The first-order chi connectivity index (χ1) is 7.64. The highest BCUT2D eigenvalue weighted by atomic mass is 127. The van der Waals surface area contributed by atoms with Crippen LogP contribution in [0.4, 0.5) is 14.6 Å². The van der Waals surface area contributed by atoms with E-state index < -0.39 is 40.4 Å². The highest BCUT2D eigenvalue weighted by molar-refractivity contribution is 14.1. The summed E-state index contributed by atoms with van der Waals surface area (Å²) in [5, 5.41) is 10.4. The van der Waals surface area contributed by atoms with Crippen LogP contribution in [-0.2, 0) is 9.05 Å². The van der Waals surface area contributed by atoms with E-state index in [0.717, 1.165) is 0 Å². The van der Waals surface area contributed by atoms with Crippen LogP contribution < -0.4 is 0 Å². The van der Waals surface area contributed by atoms with Crippen molar-refractivity contribution in [1.29, 1.82) is 0 Å². The number of nitro groups is 1. The van der Waals surface area contributed by atoms with Gasteiger partial charge in [0.15, 0.2) is 0 Å². The molecule has 0 spiro atoms. The molecule has 1 heterocycles. The van der Waals surface area contributed by atoms with Crippen molar-refractivity contribution in [2.45, 2.75) is 11.3 Å². The topological polar surface area (TPSA) is 90.2 Å². The maximum absolute atomic E-state index is 12.6. The van der Waals surface area contributed by atoms with E-state index in [-0.39, 0.29) is 0 Å². The zero-order chi connectivity index (χ0) is 13.4. The van der Waals surface area contributed by atoms with E-state index in [0.29, 0.717) is 6.07 Å². The van der Waals surface area contributed by atoms with Crippen LogP contribution in [0.25, 0.3) is 0 Å². The summed E-state index contributed by atoms with van der Waals surface area (Å²) < 4.78 is 46.9. The fourth-order valence-corrected chi connectivity index (χ4v) is 3.02. The summed E-state index contributed by atoms with van der Waals surface area (Å²) in [6, 6.07) is 0.409. The number of pyridine rings is 1. The molecule has 0 bridgehead atoms. The minimum Gasteiger partial charge on any atom is -0.358 e. The summed E-state index contributed by atoms with van der Waals surface area (Å²) in [5.74, 6) is -0.863. The zero-order valence-electron chi connectivity index (χ0n) is 7.60. The Morgan fingerprint density at radius 3 is 2.41 bits per heavy atom. The third-order valence-corrected chi connectivity index (χ3v) is 3.81. The fraction of sp³-hybridized carbons (Fsp3) is 0.167. The molecule has 1 aromatic rings. The van der Waals surface area contributed by atoms with Crippen molar-refractivity contribution in [3.63, 3.8) is 0 Å². The van der Waals surface area contributed by atoms with Crippen LogP contribution in [0.2, 0.25) is 0 Å². The van der Waals surface area contributed by atoms with E-state index in [1.807, 2.05) is 0 Å². The monoisotopic (exact) mass is 398 g/mol. The number of alkyl halides is 2. The number of nitrogens with zero attached hydrogens (tertiary/aromatic N) is 2. The van der Waals surface area contributed by atoms with Crippen LogP contribution in [0.3, 0.4) is 0 Å². The average Bonchev–Trinajstić information content (AvgIpc) is 2.14. The van der Waals surface area contributed by atoms with Gasteiger partial charge in [-0.25, -0.2) is 17.2 Å².